The minimum Gasteiger partial charge on any atom is -0.378 e. The summed E-state index contributed by atoms with van der Waals surface area (Å²) in [4.78, 5) is 4.36. The Labute approximate surface area is 135 Å². The Morgan fingerprint density at radius 3 is 2.50 bits per heavy atom. The lowest BCUT2D eigenvalue weighted by molar-refractivity contribution is -0.168. The third kappa shape index (κ3) is 3.93. The van der Waals surface area contributed by atoms with Gasteiger partial charge in [0.25, 0.3) is 0 Å². The zero-order valence-electron chi connectivity index (χ0n) is 15.0. The van der Waals surface area contributed by atoms with Gasteiger partial charge in [-0.3, -0.25) is 4.99 Å². The third-order valence-corrected chi connectivity index (χ3v) is 5.04. The van der Waals surface area contributed by atoms with Crippen molar-refractivity contribution in [3.8, 4) is 0 Å². The standard InChI is InChI=1S/C17H34N4O/c1-6-22-14-12-13(17(14)8-7-9-17)21-15(18-5)19-10-11-20-16(2,3)4/h13-14,20H,6-12H2,1-5H3,(H2,18,19,21). The van der Waals surface area contributed by atoms with Gasteiger partial charge in [0.05, 0.1) is 6.10 Å². The SMILES string of the molecule is CCOC1CC(NC(=NC)NCCNC(C)(C)C)C12CCC2. The van der Waals surface area contributed by atoms with Crippen LogP contribution in [-0.4, -0.2) is 50.4 Å². The molecule has 0 bridgehead atoms. The van der Waals surface area contributed by atoms with Crippen LogP contribution in [0.5, 0.6) is 0 Å². The van der Waals surface area contributed by atoms with E-state index in [1.165, 1.54) is 19.3 Å². The molecule has 128 valence electrons. The lowest BCUT2D eigenvalue weighted by atomic mass is 9.51. The second-order valence-corrected chi connectivity index (χ2v) is 7.64. The van der Waals surface area contributed by atoms with Gasteiger partial charge in [0, 0.05) is 43.7 Å². The Kier molecular flexibility index (Phi) is 5.72. The van der Waals surface area contributed by atoms with Crippen LogP contribution < -0.4 is 16.0 Å². The lowest BCUT2D eigenvalue weighted by Crippen LogP contribution is -2.68. The van der Waals surface area contributed by atoms with E-state index in [2.05, 4.69) is 48.6 Å². The normalized spacial score (nSPS) is 27.2. The van der Waals surface area contributed by atoms with Crippen molar-refractivity contribution in [3.05, 3.63) is 0 Å². The molecule has 5 nitrogen and oxygen atoms in total. The maximum atomic E-state index is 5.91. The molecule has 0 aromatic carbocycles. The molecule has 1 spiro atoms. The van der Waals surface area contributed by atoms with E-state index in [0.29, 0.717) is 17.6 Å². The summed E-state index contributed by atoms with van der Waals surface area (Å²) in [7, 11) is 1.85. The fourth-order valence-corrected chi connectivity index (χ4v) is 3.62. The van der Waals surface area contributed by atoms with Gasteiger partial charge in [-0.2, -0.15) is 0 Å². The molecule has 0 saturated heterocycles. The molecule has 0 radical (unpaired) electrons. The van der Waals surface area contributed by atoms with Crippen LogP contribution in [-0.2, 0) is 4.74 Å². The van der Waals surface area contributed by atoms with Crippen molar-refractivity contribution in [1.82, 2.24) is 16.0 Å². The first-order valence-corrected chi connectivity index (χ1v) is 8.75. The summed E-state index contributed by atoms with van der Waals surface area (Å²) in [6.45, 7) is 11.3. The van der Waals surface area contributed by atoms with Crippen molar-refractivity contribution in [2.45, 2.75) is 71.1 Å². The van der Waals surface area contributed by atoms with Gasteiger partial charge in [0.15, 0.2) is 5.96 Å². The monoisotopic (exact) mass is 310 g/mol. The zero-order chi connectivity index (χ0) is 16.2. The third-order valence-electron chi connectivity index (χ3n) is 5.04. The van der Waals surface area contributed by atoms with Gasteiger partial charge in [0.1, 0.15) is 0 Å². The number of ether oxygens (including phenoxy) is 1. The molecule has 2 saturated carbocycles. The van der Waals surface area contributed by atoms with Crippen LogP contribution >= 0.6 is 0 Å². The second kappa shape index (κ2) is 7.18. The number of hydrogen-bond acceptors (Lipinski definition) is 3. The van der Waals surface area contributed by atoms with Gasteiger partial charge >= 0.3 is 0 Å². The van der Waals surface area contributed by atoms with Gasteiger partial charge in [0.2, 0.25) is 0 Å². The van der Waals surface area contributed by atoms with E-state index in [1.54, 1.807) is 0 Å². The first kappa shape index (κ1) is 17.5. The first-order valence-electron chi connectivity index (χ1n) is 8.75. The van der Waals surface area contributed by atoms with Crippen molar-refractivity contribution in [1.29, 1.82) is 0 Å². The molecule has 2 aliphatic carbocycles. The van der Waals surface area contributed by atoms with E-state index in [1.807, 2.05) is 7.05 Å². The zero-order valence-corrected chi connectivity index (χ0v) is 15.0. The minimum atomic E-state index is 0.160. The van der Waals surface area contributed by atoms with Crippen molar-refractivity contribution in [3.63, 3.8) is 0 Å². The Hall–Kier alpha value is -0.810. The predicted molar refractivity (Wildman–Crippen MR) is 92.4 cm³/mol. The van der Waals surface area contributed by atoms with Crippen LogP contribution in [0.25, 0.3) is 0 Å². The molecule has 2 rings (SSSR count). The van der Waals surface area contributed by atoms with Gasteiger partial charge in [-0.25, -0.2) is 0 Å². The number of guanidine groups is 1. The molecule has 3 N–H and O–H groups in total. The maximum absolute atomic E-state index is 5.91. The summed E-state index contributed by atoms with van der Waals surface area (Å²) in [6, 6.07) is 0.513. The van der Waals surface area contributed by atoms with Crippen LogP contribution in [0, 0.1) is 5.41 Å². The van der Waals surface area contributed by atoms with Crippen LogP contribution in [0.2, 0.25) is 0 Å². The highest BCUT2D eigenvalue weighted by atomic mass is 16.5. The number of rotatable bonds is 6. The number of nitrogens with one attached hydrogen (secondary N) is 3. The molecule has 2 aliphatic rings. The molecule has 0 amide bonds. The molecule has 0 aliphatic heterocycles. The van der Waals surface area contributed by atoms with Crippen LogP contribution in [0.1, 0.15) is 53.4 Å². The minimum absolute atomic E-state index is 0.160. The van der Waals surface area contributed by atoms with Gasteiger partial charge < -0.3 is 20.7 Å². The molecule has 2 atom stereocenters. The summed E-state index contributed by atoms with van der Waals surface area (Å²) in [5, 5.41) is 10.5. The average molecular weight is 310 g/mol. The van der Waals surface area contributed by atoms with E-state index in [0.717, 1.165) is 32.1 Å². The molecule has 0 heterocycles. The van der Waals surface area contributed by atoms with E-state index >= 15 is 0 Å². The summed E-state index contributed by atoms with van der Waals surface area (Å²) in [6.07, 6.45) is 5.47. The molecular formula is C17H34N4O. The Morgan fingerprint density at radius 2 is 2.00 bits per heavy atom. The lowest BCUT2D eigenvalue weighted by Gasteiger charge is -2.61. The summed E-state index contributed by atoms with van der Waals surface area (Å²) in [5.41, 5.74) is 0.532. The highest BCUT2D eigenvalue weighted by Gasteiger charge is 2.59. The van der Waals surface area contributed by atoms with Gasteiger partial charge in [-0.05, 0) is 47.0 Å². The molecule has 5 heteroatoms. The molecule has 2 fully saturated rings. The number of aliphatic imine (C=N–C) groups is 1. The van der Waals surface area contributed by atoms with Crippen molar-refractivity contribution < 1.29 is 4.74 Å². The van der Waals surface area contributed by atoms with E-state index in [4.69, 9.17) is 4.74 Å². The van der Waals surface area contributed by atoms with Gasteiger partial charge in [-0.15, -0.1) is 0 Å². The topological polar surface area (TPSA) is 57.7 Å². The molecule has 2 unspecified atom stereocenters. The fraction of sp³-hybridized carbons (Fsp3) is 0.941. The van der Waals surface area contributed by atoms with Crippen molar-refractivity contribution in [2.75, 3.05) is 26.7 Å². The van der Waals surface area contributed by atoms with E-state index in [9.17, 15) is 0 Å². The first-order chi connectivity index (χ1) is 10.4. The summed E-state index contributed by atoms with van der Waals surface area (Å²) in [5.74, 6) is 0.918. The van der Waals surface area contributed by atoms with E-state index < -0.39 is 0 Å². The Morgan fingerprint density at radius 1 is 1.27 bits per heavy atom. The highest BCUT2D eigenvalue weighted by Crippen LogP contribution is 2.57. The molecule has 0 aromatic rings. The fourth-order valence-electron chi connectivity index (χ4n) is 3.62. The highest BCUT2D eigenvalue weighted by molar-refractivity contribution is 5.80. The van der Waals surface area contributed by atoms with Crippen LogP contribution in [0.3, 0.4) is 0 Å². The van der Waals surface area contributed by atoms with Gasteiger partial charge in [-0.1, -0.05) is 6.42 Å². The predicted octanol–water partition coefficient (Wildman–Crippen LogP) is 1.89. The Bertz CT molecular complexity index is 385. The Balaban J connectivity index is 1.75. The molecule has 0 aromatic heterocycles. The largest absolute Gasteiger partial charge is 0.378 e. The number of nitrogens with zero attached hydrogens (tertiary/aromatic N) is 1. The van der Waals surface area contributed by atoms with Crippen LogP contribution in [0.4, 0.5) is 0 Å². The molecule has 22 heavy (non-hydrogen) atoms. The maximum Gasteiger partial charge on any atom is 0.191 e. The quantitative estimate of drug-likeness (QED) is 0.398. The number of hydrogen-bond donors (Lipinski definition) is 3. The van der Waals surface area contributed by atoms with Crippen molar-refractivity contribution in [2.24, 2.45) is 10.4 Å². The van der Waals surface area contributed by atoms with Crippen LogP contribution in [0.15, 0.2) is 4.99 Å². The second-order valence-electron chi connectivity index (χ2n) is 7.64. The van der Waals surface area contributed by atoms with Crippen molar-refractivity contribution >= 4 is 5.96 Å². The van der Waals surface area contributed by atoms with E-state index in [-0.39, 0.29) is 5.54 Å². The summed E-state index contributed by atoms with van der Waals surface area (Å²) < 4.78 is 5.91. The smallest absolute Gasteiger partial charge is 0.191 e. The summed E-state index contributed by atoms with van der Waals surface area (Å²) >= 11 is 0. The molecular weight excluding hydrogens is 276 g/mol. The average Bonchev–Trinajstić information content (AvgIpc) is 2.37.